The van der Waals surface area contributed by atoms with Gasteiger partial charge in [0.05, 0.1) is 13.2 Å². The zero-order valence-corrected chi connectivity index (χ0v) is 12.0. The summed E-state index contributed by atoms with van der Waals surface area (Å²) in [5, 5.41) is 9.57. The maximum atomic E-state index is 12.8. The average Bonchev–Trinajstić information content (AvgIpc) is 2.87. The highest BCUT2D eigenvalue weighted by molar-refractivity contribution is 5.85. The smallest absolute Gasteiger partial charge is 0.314 e. The lowest BCUT2D eigenvalue weighted by Crippen LogP contribution is -2.40. The van der Waals surface area contributed by atoms with Crippen LogP contribution in [0.15, 0.2) is 0 Å². The molecule has 0 aromatic rings. The molecule has 2 heterocycles. The summed E-state index contributed by atoms with van der Waals surface area (Å²) in [6.07, 6.45) is 3.96. The monoisotopic (exact) mass is 291 g/mol. The van der Waals surface area contributed by atoms with Crippen molar-refractivity contribution >= 4 is 11.9 Å². The Morgan fingerprint density at radius 2 is 1.90 bits per heavy atom. The second-order valence-corrected chi connectivity index (χ2v) is 7.91. The third-order valence-electron chi connectivity index (χ3n) is 7.13. The van der Waals surface area contributed by atoms with Crippen LogP contribution in [0.5, 0.6) is 0 Å². The summed E-state index contributed by atoms with van der Waals surface area (Å²) in [5.41, 5.74) is -0.835. The number of hydrogen-bond acceptors (Lipinski definition) is 3. The minimum atomic E-state index is -0.835. The molecular weight excluding hydrogens is 270 g/mol. The molecule has 5 rings (SSSR count). The molecule has 2 aliphatic heterocycles. The lowest BCUT2D eigenvalue weighted by molar-refractivity contribution is -0.149. The van der Waals surface area contributed by atoms with E-state index >= 15 is 0 Å². The van der Waals surface area contributed by atoms with Gasteiger partial charge >= 0.3 is 5.97 Å². The van der Waals surface area contributed by atoms with Gasteiger partial charge in [-0.3, -0.25) is 9.59 Å². The predicted octanol–water partition coefficient (Wildman–Crippen LogP) is 0.838. The van der Waals surface area contributed by atoms with E-state index in [1.807, 2.05) is 4.90 Å². The fourth-order valence-corrected chi connectivity index (χ4v) is 6.07. The lowest BCUT2D eigenvalue weighted by atomic mass is 9.81. The van der Waals surface area contributed by atoms with Gasteiger partial charge in [0.15, 0.2) is 0 Å². The molecule has 0 spiro atoms. The number of nitrogens with zero attached hydrogens (tertiary/aromatic N) is 1. The van der Waals surface area contributed by atoms with Crippen molar-refractivity contribution in [3.8, 4) is 0 Å². The number of carbonyl (C=O) groups is 2. The number of carboxylic acid groups (broad SMARTS) is 1. The zero-order valence-electron chi connectivity index (χ0n) is 12.0. The highest BCUT2D eigenvalue weighted by Gasteiger charge is 2.69. The number of rotatable bonds is 2. The summed E-state index contributed by atoms with van der Waals surface area (Å²) in [6.45, 7) is 1.69. The molecule has 5 heteroatoms. The first-order chi connectivity index (χ1) is 10.1. The van der Waals surface area contributed by atoms with E-state index in [1.165, 1.54) is 19.3 Å². The zero-order chi connectivity index (χ0) is 14.4. The third-order valence-corrected chi connectivity index (χ3v) is 7.13. The molecular formula is C16H21NO4. The van der Waals surface area contributed by atoms with Crippen LogP contribution >= 0.6 is 0 Å². The van der Waals surface area contributed by atoms with E-state index < -0.39 is 11.4 Å². The molecule has 0 aromatic heterocycles. The Labute approximate surface area is 123 Å². The molecule has 21 heavy (non-hydrogen) atoms. The number of likely N-dealkylation sites (tertiary alicyclic amines) is 1. The average molecular weight is 291 g/mol. The van der Waals surface area contributed by atoms with Crippen LogP contribution in [0.1, 0.15) is 19.3 Å². The Morgan fingerprint density at radius 3 is 2.52 bits per heavy atom. The van der Waals surface area contributed by atoms with Gasteiger partial charge in [-0.15, -0.1) is 0 Å². The molecule has 3 saturated carbocycles. The molecule has 3 aliphatic carbocycles. The minimum Gasteiger partial charge on any atom is -0.481 e. The summed E-state index contributed by atoms with van der Waals surface area (Å²) < 4.78 is 5.38. The number of ether oxygens (including phenoxy) is 1. The van der Waals surface area contributed by atoms with Crippen LogP contribution in [0, 0.1) is 40.9 Å². The molecule has 1 N–H and O–H groups in total. The van der Waals surface area contributed by atoms with Gasteiger partial charge in [-0.05, 0) is 42.9 Å². The first kappa shape index (κ1) is 12.4. The van der Waals surface area contributed by atoms with Crippen LogP contribution in [0.2, 0.25) is 0 Å². The maximum absolute atomic E-state index is 12.8. The standard InChI is InChI=1S/C16H21NO4/c18-14(13-11-8-1-2-9(3-8)12(11)13)17-4-10-5-21-7-16(10,6-17)15(19)20/h8-13H,1-7H2,(H,19,20)/t8-,9+,10-,11+,12-,13?,16-/m1/s1. The van der Waals surface area contributed by atoms with Crippen molar-refractivity contribution in [1.82, 2.24) is 4.90 Å². The van der Waals surface area contributed by atoms with Gasteiger partial charge in [-0.1, -0.05) is 0 Å². The Balaban J connectivity index is 1.34. The highest BCUT2D eigenvalue weighted by atomic mass is 16.5. The van der Waals surface area contributed by atoms with Crippen LogP contribution < -0.4 is 0 Å². The molecule has 114 valence electrons. The largest absolute Gasteiger partial charge is 0.481 e. The molecule has 1 unspecified atom stereocenters. The van der Waals surface area contributed by atoms with E-state index in [0.717, 1.165) is 11.8 Å². The van der Waals surface area contributed by atoms with Crippen LogP contribution in [-0.4, -0.2) is 48.2 Å². The van der Waals surface area contributed by atoms with Gasteiger partial charge in [0.2, 0.25) is 5.91 Å². The molecule has 2 bridgehead atoms. The molecule has 0 radical (unpaired) electrons. The first-order valence-corrected chi connectivity index (χ1v) is 8.22. The summed E-state index contributed by atoms with van der Waals surface area (Å²) >= 11 is 0. The van der Waals surface area contributed by atoms with Gasteiger partial charge in [-0.25, -0.2) is 0 Å². The molecule has 5 fully saturated rings. The predicted molar refractivity (Wildman–Crippen MR) is 72.3 cm³/mol. The number of carbonyl (C=O) groups excluding carboxylic acids is 1. The van der Waals surface area contributed by atoms with E-state index in [4.69, 9.17) is 4.74 Å². The molecule has 0 aromatic carbocycles. The van der Waals surface area contributed by atoms with Gasteiger partial charge < -0.3 is 14.7 Å². The van der Waals surface area contributed by atoms with Crippen LogP contribution in [0.4, 0.5) is 0 Å². The van der Waals surface area contributed by atoms with Crippen molar-refractivity contribution in [3.05, 3.63) is 0 Å². The normalized spacial score (nSPS) is 52.9. The lowest BCUT2D eigenvalue weighted by Gasteiger charge is -2.22. The fourth-order valence-electron chi connectivity index (χ4n) is 6.07. The van der Waals surface area contributed by atoms with Crippen molar-refractivity contribution < 1.29 is 19.4 Å². The van der Waals surface area contributed by atoms with Crippen molar-refractivity contribution in [2.75, 3.05) is 26.3 Å². The SMILES string of the molecule is O=C(C1[C@@H]2[C@H]3CC[C@H](C3)[C@H]12)N1C[C@@H]2COC[C@]2(C(=O)O)C1. The summed E-state index contributed by atoms with van der Waals surface area (Å²) in [5.74, 6) is 2.49. The Morgan fingerprint density at radius 1 is 1.19 bits per heavy atom. The van der Waals surface area contributed by atoms with Crippen molar-refractivity contribution in [1.29, 1.82) is 0 Å². The third kappa shape index (κ3) is 1.41. The Hall–Kier alpha value is -1.10. The quantitative estimate of drug-likeness (QED) is 0.818. The van der Waals surface area contributed by atoms with Crippen LogP contribution in [0.3, 0.4) is 0 Å². The highest BCUT2D eigenvalue weighted by Crippen LogP contribution is 2.69. The summed E-state index contributed by atoms with van der Waals surface area (Å²) in [7, 11) is 0. The number of fused-ring (bicyclic) bond motifs is 6. The van der Waals surface area contributed by atoms with Crippen molar-refractivity contribution in [2.45, 2.75) is 19.3 Å². The van der Waals surface area contributed by atoms with Gasteiger partial charge in [0.1, 0.15) is 5.41 Å². The van der Waals surface area contributed by atoms with Gasteiger partial charge in [0, 0.05) is 24.9 Å². The topological polar surface area (TPSA) is 66.8 Å². The number of aliphatic carboxylic acids is 1. The molecule has 1 amide bonds. The summed E-state index contributed by atoms with van der Waals surface area (Å²) in [4.78, 5) is 26.3. The second-order valence-electron chi connectivity index (χ2n) is 7.91. The van der Waals surface area contributed by atoms with E-state index in [0.29, 0.717) is 31.5 Å². The number of amides is 1. The van der Waals surface area contributed by atoms with E-state index in [2.05, 4.69) is 0 Å². The van der Waals surface area contributed by atoms with Gasteiger partial charge in [-0.2, -0.15) is 0 Å². The van der Waals surface area contributed by atoms with E-state index in [1.54, 1.807) is 0 Å². The molecule has 5 nitrogen and oxygen atoms in total. The summed E-state index contributed by atoms with van der Waals surface area (Å²) in [6, 6.07) is 0. The molecule has 2 saturated heterocycles. The maximum Gasteiger partial charge on any atom is 0.314 e. The Kier molecular flexibility index (Phi) is 2.25. The fraction of sp³-hybridized carbons (Fsp3) is 0.875. The minimum absolute atomic E-state index is 0.0192. The van der Waals surface area contributed by atoms with E-state index in [9.17, 15) is 14.7 Å². The van der Waals surface area contributed by atoms with E-state index in [-0.39, 0.29) is 24.3 Å². The van der Waals surface area contributed by atoms with Gasteiger partial charge in [0.25, 0.3) is 0 Å². The number of carboxylic acids is 1. The Bertz CT molecular complexity index is 518. The van der Waals surface area contributed by atoms with Crippen molar-refractivity contribution in [3.63, 3.8) is 0 Å². The van der Waals surface area contributed by atoms with Crippen LogP contribution in [-0.2, 0) is 14.3 Å². The molecule has 5 aliphatic rings. The number of hydrogen-bond donors (Lipinski definition) is 1. The first-order valence-electron chi connectivity index (χ1n) is 8.22. The second kappa shape index (κ2) is 3.80. The van der Waals surface area contributed by atoms with Crippen LogP contribution in [0.25, 0.3) is 0 Å². The van der Waals surface area contributed by atoms with Crippen molar-refractivity contribution in [2.24, 2.45) is 40.9 Å². The molecule has 7 atom stereocenters.